The highest BCUT2D eigenvalue weighted by Gasteiger charge is 2.31. The number of benzene rings is 3. The molecule has 1 heterocycles. The van der Waals surface area contributed by atoms with Crippen LogP contribution in [-0.4, -0.2) is 69.9 Å². The molecule has 0 aromatic heterocycles. The third-order valence-corrected chi connectivity index (χ3v) is 9.28. The van der Waals surface area contributed by atoms with Crippen molar-refractivity contribution >= 4 is 21.8 Å². The molecular formula is C32H39N3O6S. The largest absolute Gasteiger partial charge is 0.497 e. The predicted octanol–water partition coefficient (Wildman–Crippen LogP) is 3.95. The lowest BCUT2D eigenvalue weighted by Gasteiger charge is -2.32. The molecule has 0 saturated carbocycles. The molecule has 10 heteroatoms. The van der Waals surface area contributed by atoms with Gasteiger partial charge in [-0.3, -0.25) is 9.59 Å². The Hall–Kier alpha value is -3.73. The van der Waals surface area contributed by atoms with Gasteiger partial charge in [-0.1, -0.05) is 54.6 Å². The summed E-state index contributed by atoms with van der Waals surface area (Å²) in [5.41, 5.74) is 2.39. The van der Waals surface area contributed by atoms with Crippen molar-refractivity contribution in [3.63, 3.8) is 0 Å². The average Bonchev–Trinajstić information content (AvgIpc) is 3.57. The van der Waals surface area contributed by atoms with Gasteiger partial charge in [-0.2, -0.15) is 4.31 Å². The topological polar surface area (TPSA) is 105 Å². The van der Waals surface area contributed by atoms with E-state index >= 15 is 0 Å². The van der Waals surface area contributed by atoms with Crippen molar-refractivity contribution in [3.05, 3.63) is 95.6 Å². The van der Waals surface area contributed by atoms with Gasteiger partial charge in [0.1, 0.15) is 11.8 Å². The quantitative estimate of drug-likeness (QED) is 0.284. The van der Waals surface area contributed by atoms with Crippen molar-refractivity contribution < 1.29 is 27.5 Å². The van der Waals surface area contributed by atoms with Crippen LogP contribution >= 0.6 is 0 Å². The number of rotatable bonds is 14. The van der Waals surface area contributed by atoms with E-state index < -0.39 is 16.1 Å². The van der Waals surface area contributed by atoms with Crippen molar-refractivity contribution in [3.8, 4) is 5.75 Å². The minimum Gasteiger partial charge on any atom is -0.497 e. The van der Waals surface area contributed by atoms with Gasteiger partial charge in [-0.25, -0.2) is 8.42 Å². The maximum atomic E-state index is 13.9. The van der Waals surface area contributed by atoms with Gasteiger partial charge < -0.3 is 19.7 Å². The number of amides is 2. The first-order valence-electron chi connectivity index (χ1n) is 14.2. The number of methoxy groups -OCH3 is 2. The summed E-state index contributed by atoms with van der Waals surface area (Å²) in [7, 11) is -0.349. The van der Waals surface area contributed by atoms with E-state index in [1.165, 1.54) is 4.31 Å². The number of carbonyl (C=O) groups is 2. The van der Waals surface area contributed by atoms with E-state index in [2.05, 4.69) is 5.32 Å². The van der Waals surface area contributed by atoms with Crippen molar-refractivity contribution in [2.24, 2.45) is 0 Å². The first-order chi connectivity index (χ1) is 20.3. The van der Waals surface area contributed by atoms with E-state index in [1.54, 1.807) is 43.4 Å². The van der Waals surface area contributed by atoms with Gasteiger partial charge in [-0.05, 0) is 60.2 Å². The van der Waals surface area contributed by atoms with Crippen LogP contribution in [-0.2, 0) is 37.3 Å². The van der Waals surface area contributed by atoms with Gasteiger partial charge >= 0.3 is 0 Å². The van der Waals surface area contributed by atoms with Crippen LogP contribution in [0.15, 0.2) is 83.8 Å². The monoisotopic (exact) mass is 593 g/mol. The molecule has 1 atom stereocenters. The number of nitrogens with one attached hydrogen (secondary N) is 1. The van der Waals surface area contributed by atoms with Gasteiger partial charge in [-0.15, -0.1) is 0 Å². The molecule has 224 valence electrons. The molecular weight excluding hydrogens is 554 g/mol. The number of sulfonamides is 1. The van der Waals surface area contributed by atoms with E-state index in [9.17, 15) is 18.0 Å². The highest BCUT2D eigenvalue weighted by molar-refractivity contribution is 7.89. The lowest BCUT2D eigenvalue weighted by Crippen LogP contribution is -2.44. The van der Waals surface area contributed by atoms with E-state index in [0.717, 1.165) is 24.0 Å². The molecule has 0 bridgehead atoms. The second-order valence-corrected chi connectivity index (χ2v) is 12.2. The maximum Gasteiger partial charge on any atom is 0.247 e. The van der Waals surface area contributed by atoms with Crippen LogP contribution in [0.25, 0.3) is 0 Å². The second-order valence-electron chi connectivity index (χ2n) is 10.2. The van der Waals surface area contributed by atoms with Crippen LogP contribution < -0.4 is 10.1 Å². The minimum absolute atomic E-state index is 0.142. The molecule has 2 amide bonds. The molecule has 0 radical (unpaired) electrons. The molecule has 9 nitrogen and oxygen atoms in total. The molecule has 42 heavy (non-hydrogen) atoms. The Morgan fingerprint density at radius 3 is 2.17 bits per heavy atom. The third-order valence-electron chi connectivity index (χ3n) is 7.37. The van der Waals surface area contributed by atoms with Crippen LogP contribution in [0.1, 0.15) is 42.0 Å². The minimum atomic E-state index is -3.51. The van der Waals surface area contributed by atoms with E-state index in [4.69, 9.17) is 9.47 Å². The van der Waals surface area contributed by atoms with Crippen molar-refractivity contribution in [1.82, 2.24) is 14.5 Å². The van der Waals surface area contributed by atoms with Crippen molar-refractivity contribution in [1.29, 1.82) is 0 Å². The molecule has 3 aromatic carbocycles. The van der Waals surface area contributed by atoms with E-state index in [-0.39, 0.29) is 29.7 Å². The Bertz CT molecular complexity index is 1410. The average molecular weight is 594 g/mol. The maximum absolute atomic E-state index is 13.9. The molecule has 1 fully saturated rings. The highest BCUT2D eigenvalue weighted by atomic mass is 32.2. The fourth-order valence-electron chi connectivity index (χ4n) is 5.03. The van der Waals surface area contributed by atoms with Gasteiger partial charge in [0, 0.05) is 39.7 Å². The zero-order chi connectivity index (χ0) is 30.0. The van der Waals surface area contributed by atoms with Crippen LogP contribution in [0, 0.1) is 0 Å². The zero-order valence-corrected chi connectivity index (χ0v) is 25.0. The molecule has 4 rings (SSSR count). The summed E-state index contributed by atoms with van der Waals surface area (Å²) in [6.07, 6.45) is 2.29. The lowest BCUT2D eigenvalue weighted by molar-refractivity contribution is -0.141. The number of aryl methyl sites for hydroxylation is 1. The first-order valence-corrected chi connectivity index (χ1v) is 15.6. The SMILES string of the molecule is COCCNC(=O)[C@@H](c1ccccc1)N(Cc1ccc(OC)cc1)C(=O)CCc1ccc(S(=O)(=O)N2CCCC2)cc1. The number of nitrogens with zero attached hydrogens (tertiary/aromatic N) is 2. The predicted molar refractivity (Wildman–Crippen MR) is 160 cm³/mol. The zero-order valence-electron chi connectivity index (χ0n) is 24.2. The summed E-state index contributed by atoms with van der Waals surface area (Å²) in [6.45, 7) is 1.97. The molecule has 0 aliphatic carbocycles. The molecule has 1 N–H and O–H groups in total. The Morgan fingerprint density at radius 2 is 1.55 bits per heavy atom. The summed E-state index contributed by atoms with van der Waals surface area (Å²) in [5, 5.41) is 2.90. The van der Waals surface area contributed by atoms with Crippen LogP contribution in [0.3, 0.4) is 0 Å². The Labute approximate surface area is 248 Å². The van der Waals surface area contributed by atoms with Crippen LogP contribution in [0.4, 0.5) is 0 Å². The van der Waals surface area contributed by atoms with Crippen molar-refractivity contribution in [2.45, 2.75) is 43.2 Å². The molecule has 3 aromatic rings. The molecule has 1 aliphatic rings. The summed E-state index contributed by atoms with van der Waals surface area (Å²) in [5.74, 6) is 0.204. The van der Waals surface area contributed by atoms with E-state index in [1.807, 2.05) is 54.6 Å². The van der Waals surface area contributed by atoms with Gasteiger partial charge in [0.15, 0.2) is 0 Å². The number of carbonyl (C=O) groups excluding carboxylic acids is 2. The summed E-state index contributed by atoms with van der Waals surface area (Å²) in [4.78, 5) is 29.3. The Morgan fingerprint density at radius 1 is 0.905 bits per heavy atom. The molecule has 1 aliphatic heterocycles. The van der Waals surface area contributed by atoms with Crippen LogP contribution in [0.5, 0.6) is 5.75 Å². The second kappa shape index (κ2) is 14.9. The molecule has 1 saturated heterocycles. The smallest absolute Gasteiger partial charge is 0.247 e. The number of hydrogen-bond donors (Lipinski definition) is 1. The Kier molecular flexibility index (Phi) is 11.1. The molecule has 0 unspecified atom stereocenters. The van der Waals surface area contributed by atoms with Crippen LogP contribution in [0.2, 0.25) is 0 Å². The fourth-order valence-corrected chi connectivity index (χ4v) is 6.55. The number of ether oxygens (including phenoxy) is 2. The summed E-state index contributed by atoms with van der Waals surface area (Å²) < 4.78 is 37.7. The third kappa shape index (κ3) is 7.96. The molecule has 0 spiro atoms. The number of hydrogen-bond acceptors (Lipinski definition) is 6. The summed E-state index contributed by atoms with van der Waals surface area (Å²) in [6, 6.07) is 22.5. The Balaban J connectivity index is 1.56. The normalized spacial score (nSPS) is 14.3. The standard InChI is InChI=1S/C32H39N3O6S/c1-40-23-20-33-32(37)31(27-8-4-3-5-9-27)35(24-26-10-15-28(41-2)16-11-26)30(36)19-14-25-12-17-29(18-13-25)42(38,39)34-21-6-7-22-34/h3-5,8-13,15-18,31H,6-7,14,19-24H2,1-2H3,(H,33,37)/t31-/m1/s1. The van der Waals surface area contributed by atoms with E-state index in [0.29, 0.717) is 44.0 Å². The fraction of sp³-hybridized carbons (Fsp3) is 0.375. The van der Waals surface area contributed by atoms with Crippen molar-refractivity contribution in [2.75, 3.05) is 40.5 Å². The highest BCUT2D eigenvalue weighted by Crippen LogP contribution is 2.26. The first kappa shape index (κ1) is 31.2. The summed E-state index contributed by atoms with van der Waals surface area (Å²) >= 11 is 0. The van der Waals surface area contributed by atoms with Gasteiger partial charge in [0.05, 0.1) is 18.6 Å². The lowest BCUT2D eigenvalue weighted by atomic mass is 10.0. The van der Waals surface area contributed by atoms with Gasteiger partial charge in [0.25, 0.3) is 0 Å². The van der Waals surface area contributed by atoms with Gasteiger partial charge in [0.2, 0.25) is 21.8 Å².